The minimum absolute atomic E-state index is 1.01. The van der Waals surface area contributed by atoms with Gasteiger partial charge in [0.05, 0.1) is 5.52 Å². The van der Waals surface area contributed by atoms with Gasteiger partial charge in [-0.05, 0) is 68.0 Å². The molecule has 0 bridgehead atoms. The molecule has 0 unspecified atom stereocenters. The first kappa shape index (κ1) is 18.2. The second-order valence-corrected chi connectivity index (χ2v) is 8.32. The number of aryl methyl sites for hydroxylation is 3. The highest BCUT2D eigenvalue weighted by Crippen LogP contribution is 2.28. The van der Waals surface area contributed by atoms with Crippen molar-refractivity contribution in [2.75, 3.05) is 42.2 Å². The number of piperazine rings is 1. The quantitative estimate of drug-likeness (QED) is 0.584. The van der Waals surface area contributed by atoms with Gasteiger partial charge in [0, 0.05) is 42.1 Å². The Kier molecular flexibility index (Phi) is 5.00. The minimum atomic E-state index is 1.01. The largest absolute Gasteiger partial charge is 0.368 e. The fraction of sp³-hybridized carbons (Fsp3) is 0.348. The predicted molar refractivity (Wildman–Crippen MR) is 119 cm³/mol. The van der Waals surface area contributed by atoms with Gasteiger partial charge in [0.1, 0.15) is 5.82 Å². The van der Waals surface area contributed by atoms with Crippen LogP contribution in [0.2, 0.25) is 0 Å². The van der Waals surface area contributed by atoms with Crippen molar-refractivity contribution < 1.29 is 0 Å². The van der Waals surface area contributed by atoms with Crippen LogP contribution in [0.3, 0.4) is 0 Å². The molecule has 140 valence electrons. The summed E-state index contributed by atoms with van der Waals surface area (Å²) >= 11 is 1.77. The van der Waals surface area contributed by atoms with Crippen molar-refractivity contribution in [3.05, 3.63) is 59.2 Å². The summed E-state index contributed by atoms with van der Waals surface area (Å²) in [6.45, 7) is 10.7. The van der Waals surface area contributed by atoms with E-state index in [-0.39, 0.29) is 0 Å². The normalized spacial score (nSPS) is 14.8. The summed E-state index contributed by atoms with van der Waals surface area (Å²) in [5.41, 5.74) is 6.48. The fourth-order valence-corrected chi connectivity index (χ4v) is 4.32. The van der Waals surface area contributed by atoms with Crippen LogP contribution < -0.4 is 9.80 Å². The number of hydrogen-bond donors (Lipinski definition) is 0. The van der Waals surface area contributed by atoms with E-state index in [2.05, 4.69) is 79.3 Å². The smallest absolute Gasteiger partial charge is 0.129 e. The Morgan fingerprint density at radius 2 is 1.56 bits per heavy atom. The monoisotopic (exact) mass is 377 g/mol. The maximum absolute atomic E-state index is 4.99. The number of rotatable bonds is 3. The van der Waals surface area contributed by atoms with E-state index in [9.17, 15) is 0 Å². The lowest BCUT2D eigenvalue weighted by atomic mass is 10.1. The van der Waals surface area contributed by atoms with Crippen LogP contribution in [0.15, 0.2) is 47.4 Å². The molecule has 2 heterocycles. The molecular formula is C23H27N3S. The molecule has 1 aromatic heterocycles. The van der Waals surface area contributed by atoms with Crippen molar-refractivity contribution in [3.63, 3.8) is 0 Å². The van der Waals surface area contributed by atoms with Gasteiger partial charge < -0.3 is 9.80 Å². The third-order valence-corrected chi connectivity index (χ3v) is 6.24. The molecule has 4 rings (SSSR count). The van der Waals surface area contributed by atoms with Gasteiger partial charge in [0.2, 0.25) is 0 Å². The van der Waals surface area contributed by atoms with E-state index >= 15 is 0 Å². The van der Waals surface area contributed by atoms with Crippen molar-refractivity contribution in [1.29, 1.82) is 0 Å². The summed E-state index contributed by atoms with van der Waals surface area (Å²) in [7, 11) is 0. The average Bonchev–Trinajstić information content (AvgIpc) is 2.69. The zero-order valence-electron chi connectivity index (χ0n) is 16.6. The lowest BCUT2D eigenvalue weighted by Gasteiger charge is -2.37. The van der Waals surface area contributed by atoms with E-state index in [1.54, 1.807) is 11.8 Å². The van der Waals surface area contributed by atoms with Gasteiger partial charge >= 0.3 is 0 Å². The first-order valence-corrected chi connectivity index (χ1v) is 10.8. The van der Waals surface area contributed by atoms with Crippen LogP contribution in [0.4, 0.5) is 11.5 Å². The van der Waals surface area contributed by atoms with Gasteiger partial charge in [-0.15, -0.1) is 11.8 Å². The lowest BCUT2D eigenvalue weighted by Crippen LogP contribution is -2.47. The van der Waals surface area contributed by atoms with E-state index < -0.39 is 0 Å². The number of nitrogens with zero attached hydrogens (tertiary/aromatic N) is 3. The predicted octanol–water partition coefficient (Wildman–Crippen LogP) is 5.21. The SMILES string of the molecule is CSc1ccc2c(C)cc(N3CCN(c4cc(C)ccc4C)CC3)nc2c1. The van der Waals surface area contributed by atoms with Crippen LogP contribution in [0.1, 0.15) is 16.7 Å². The minimum Gasteiger partial charge on any atom is -0.368 e. The molecule has 0 radical (unpaired) electrons. The van der Waals surface area contributed by atoms with Crippen LogP contribution in [-0.2, 0) is 0 Å². The molecule has 3 aromatic rings. The number of benzene rings is 2. The molecule has 1 fully saturated rings. The number of anilines is 2. The Bertz CT molecular complexity index is 975. The summed E-state index contributed by atoms with van der Waals surface area (Å²) in [5, 5.41) is 1.26. The number of aromatic nitrogens is 1. The summed E-state index contributed by atoms with van der Waals surface area (Å²) in [5.74, 6) is 1.11. The zero-order chi connectivity index (χ0) is 19.0. The van der Waals surface area contributed by atoms with E-state index in [1.165, 1.54) is 32.7 Å². The molecule has 1 aliphatic heterocycles. The third-order valence-electron chi connectivity index (χ3n) is 5.52. The van der Waals surface area contributed by atoms with Crippen molar-refractivity contribution in [2.24, 2.45) is 0 Å². The molecule has 0 saturated carbocycles. The molecule has 0 atom stereocenters. The Balaban J connectivity index is 1.56. The van der Waals surface area contributed by atoms with E-state index in [1.807, 2.05) is 0 Å². The average molecular weight is 378 g/mol. The molecule has 4 heteroatoms. The van der Waals surface area contributed by atoms with Crippen molar-refractivity contribution in [3.8, 4) is 0 Å². The summed E-state index contributed by atoms with van der Waals surface area (Å²) in [6, 6.07) is 15.6. The van der Waals surface area contributed by atoms with Gasteiger partial charge in [-0.25, -0.2) is 4.98 Å². The van der Waals surface area contributed by atoms with Gasteiger partial charge in [0.25, 0.3) is 0 Å². The molecule has 0 aliphatic carbocycles. The van der Waals surface area contributed by atoms with Crippen LogP contribution in [0, 0.1) is 20.8 Å². The number of fused-ring (bicyclic) bond motifs is 1. The zero-order valence-corrected chi connectivity index (χ0v) is 17.4. The van der Waals surface area contributed by atoms with E-state index in [0.29, 0.717) is 0 Å². The van der Waals surface area contributed by atoms with Crippen LogP contribution in [0.25, 0.3) is 10.9 Å². The Morgan fingerprint density at radius 3 is 2.30 bits per heavy atom. The van der Waals surface area contributed by atoms with Crippen LogP contribution in [-0.4, -0.2) is 37.4 Å². The second-order valence-electron chi connectivity index (χ2n) is 7.44. The number of thioether (sulfide) groups is 1. The molecule has 0 amide bonds. The summed E-state index contributed by atoms with van der Waals surface area (Å²) < 4.78 is 0. The molecule has 1 saturated heterocycles. The number of hydrogen-bond acceptors (Lipinski definition) is 4. The fourth-order valence-electron chi connectivity index (χ4n) is 3.89. The summed E-state index contributed by atoms with van der Waals surface area (Å²) in [4.78, 5) is 11.2. The van der Waals surface area contributed by atoms with Crippen molar-refractivity contribution >= 4 is 34.2 Å². The second kappa shape index (κ2) is 7.43. The maximum atomic E-state index is 4.99. The van der Waals surface area contributed by atoms with Crippen LogP contribution >= 0.6 is 11.8 Å². The first-order valence-electron chi connectivity index (χ1n) is 9.58. The Labute approximate surface area is 166 Å². The van der Waals surface area contributed by atoms with Gasteiger partial charge in [-0.3, -0.25) is 0 Å². The summed E-state index contributed by atoms with van der Waals surface area (Å²) in [6.07, 6.45) is 2.12. The maximum Gasteiger partial charge on any atom is 0.129 e. The molecular weight excluding hydrogens is 350 g/mol. The standard InChI is InChI=1S/C23H27N3S/c1-16-5-6-17(2)22(13-16)25-9-11-26(12-10-25)23-14-18(3)20-8-7-19(27-4)15-21(20)24-23/h5-8,13-15H,9-12H2,1-4H3. The molecule has 2 aromatic carbocycles. The third kappa shape index (κ3) is 3.63. The topological polar surface area (TPSA) is 19.4 Å². The molecule has 1 aliphatic rings. The molecule has 27 heavy (non-hydrogen) atoms. The van der Waals surface area contributed by atoms with Gasteiger partial charge in [-0.2, -0.15) is 0 Å². The highest BCUT2D eigenvalue weighted by molar-refractivity contribution is 7.98. The van der Waals surface area contributed by atoms with Crippen molar-refractivity contribution in [2.45, 2.75) is 25.7 Å². The van der Waals surface area contributed by atoms with Gasteiger partial charge in [0.15, 0.2) is 0 Å². The molecule has 0 spiro atoms. The lowest BCUT2D eigenvalue weighted by molar-refractivity contribution is 0.647. The highest BCUT2D eigenvalue weighted by atomic mass is 32.2. The van der Waals surface area contributed by atoms with Gasteiger partial charge in [-0.1, -0.05) is 18.2 Å². The van der Waals surface area contributed by atoms with Crippen LogP contribution in [0.5, 0.6) is 0 Å². The molecule has 3 nitrogen and oxygen atoms in total. The van der Waals surface area contributed by atoms with E-state index in [0.717, 1.165) is 37.5 Å². The Morgan fingerprint density at radius 1 is 0.815 bits per heavy atom. The first-order chi connectivity index (χ1) is 13.0. The van der Waals surface area contributed by atoms with Crippen molar-refractivity contribution in [1.82, 2.24) is 4.98 Å². The van der Waals surface area contributed by atoms with E-state index in [4.69, 9.17) is 4.98 Å². The number of pyridine rings is 1. The highest BCUT2D eigenvalue weighted by Gasteiger charge is 2.20. The molecule has 0 N–H and O–H groups in total. The Hall–Kier alpha value is -2.20.